The maximum atomic E-state index is 3.55. The standard InChI is InChI=1S/C15H22N2/c1-2-4-12-5-6-13-10-14-11-16-7-3-8-17(14)15(13)9-12/h5-6,9,14,16H,2-4,7-8,10-11H2,1H3. The minimum atomic E-state index is 0.698. The summed E-state index contributed by atoms with van der Waals surface area (Å²) >= 11 is 0. The molecule has 1 aromatic carbocycles. The van der Waals surface area contributed by atoms with Gasteiger partial charge in [-0.1, -0.05) is 25.5 Å². The summed E-state index contributed by atoms with van der Waals surface area (Å²) < 4.78 is 0. The highest BCUT2D eigenvalue weighted by Crippen LogP contribution is 2.33. The average molecular weight is 230 g/mol. The van der Waals surface area contributed by atoms with E-state index >= 15 is 0 Å². The van der Waals surface area contributed by atoms with Gasteiger partial charge in [0.2, 0.25) is 0 Å². The Kier molecular flexibility index (Phi) is 3.06. The Morgan fingerprint density at radius 3 is 3.24 bits per heavy atom. The van der Waals surface area contributed by atoms with Gasteiger partial charge in [0, 0.05) is 24.8 Å². The topological polar surface area (TPSA) is 15.3 Å². The molecule has 0 amide bonds. The van der Waals surface area contributed by atoms with Gasteiger partial charge in [0.05, 0.1) is 0 Å². The van der Waals surface area contributed by atoms with Gasteiger partial charge in [0.15, 0.2) is 0 Å². The van der Waals surface area contributed by atoms with Gasteiger partial charge in [0.1, 0.15) is 0 Å². The van der Waals surface area contributed by atoms with Gasteiger partial charge < -0.3 is 10.2 Å². The van der Waals surface area contributed by atoms with Crippen molar-refractivity contribution in [1.29, 1.82) is 0 Å². The van der Waals surface area contributed by atoms with Gasteiger partial charge >= 0.3 is 0 Å². The minimum absolute atomic E-state index is 0.698. The second-order valence-corrected chi connectivity index (χ2v) is 5.32. The molecule has 2 nitrogen and oxygen atoms in total. The van der Waals surface area contributed by atoms with E-state index in [0.29, 0.717) is 6.04 Å². The monoisotopic (exact) mass is 230 g/mol. The number of anilines is 1. The Morgan fingerprint density at radius 2 is 2.35 bits per heavy atom. The number of fused-ring (bicyclic) bond motifs is 3. The average Bonchev–Trinajstić information content (AvgIpc) is 2.53. The third kappa shape index (κ3) is 2.06. The smallest absolute Gasteiger partial charge is 0.0455 e. The number of hydrogen-bond donors (Lipinski definition) is 1. The molecule has 0 aromatic heterocycles. The van der Waals surface area contributed by atoms with Crippen molar-refractivity contribution in [1.82, 2.24) is 5.32 Å². The molecule has 1 atom stereocenters. The van der Waals surface area contributed by atoms with E-state index in [0.717, 1.165) is 6.54 Å². The highest BCUT2D eigenvalue weighted by atomic mass is 15.2. The molecule has 1 N–H and O–H groups in total. The Labute approximate surface area is 104 Å². The fourth-order valence-corrected chi connectivity index (χ4v) is 3.18. The molecule has 0 spiro atoms. The summed E-state index contributed by atoms with van der Waals surface area (Å²) in [7, 11) is 0. The number of rotatable bonds is 2. The first-order valence-corrected chi connectivity index (χ1v) is 6.97. The summed E-state index contributed by atoms with van der Waals surface area (Å²) in [4.78, 5) is 2.63. The van der Waals surface area contributed by atoms with E-state index in [2.05, 4.69) is 35.3 Å². The molecular weight excluding hydrogens is 208 g/mol. The van der Waals surface area contributed by atoms with Crippen LogP contribution in [0.1, 0.15) is 30.9 Å². The van der Waals surface area contributed by atoms with Crippen molar-refractivity contribution >= 4 is 5.69 Å². The van der Waals surface area contributed by atoms with Crippen LogP contribution in [-0.4, -0.2) is 25.7 Å². The Bertz CT molecular complexity index is 400. The maximum absolute atomic E-state index is 3.55. The largest absolute Gasteiger partial charge is 0.367 e. The molecule has 92 valence electrons. The molecule has 17 heavy (non-hydrogen) atoms. The second-order valence-electron chi connectivity index (χ2n) is 5.32. The number of aryl methyl sites for hydroxylation is 1. The van der Waals surface area contributed by atoms with E-state index in [1.807, 2.05) is 0 Å². The number of nitrogens with one attached hydrogen (secondary N) is 1. The van der Waals surface area contributed by atoms with Crippen molar-refractivity contribution in [3.8, 4) is 0 Å². The van der Waals surface area contributed by atoms with Crippen LogP contribution in [0.4, 0.5) is 5.69 Å². The predicted molar refractivity (Wildman–Crippen MR) is 72.8 cm³/mol. The van der Waals surface area contributed by atoms with Crippen molar-refractivity contribution < 1.29 is 0 Å². The number of benzene rings is 1. The fraction of sp³-hybridized carbons (Fsp3) is 0.600. The summed E-state index contributed by atoms with van der Waals surface area (Å²) in [6, 6.07) is 7.81. The van der Waals surface area contributed by atoms with Crippen LogP contribution in [0.25, 0.3) is 0 Å². The van der Waals surface area contributed by atoms with E-state index in [4.69, 9.17) is 0 Å². The van der Waals surface area contributed by atoms with Gasteiger partial charge in [0.25, 0.3) is 0 Å². The first-order valence-electron chi connectivity index (χ1n) is 6.97. The zero-order valence-electron chi connectivity index (χ0n) is 10.7. The zero-order valence-corrected chi connectivity index (χ0v) is 10.7. The summed E-state index contributed by atoms with van der Waals surface area (Å²) in [5.74, 6) is 0. The quantitative estimate of drug-likeness (QED) is 0.839. The lowest BCUT2D eigenvalue weighted by molar-refractivity contribution is 0.613. The Morgan fingerprint density at radius 1 is 1.41 bits per heavy atom. The zero-order chi connectivity index (χ0) is 11.7. The first kappa shape index (κ1) is 11.1. The van der Waals surface area contributed by atoms with Crippen molar-refractivity contribution in [2.75, 3.05) is 24.5 Å². The van der Waals surface area contributed by atoms with Gasteiger partial charge in [-0.05, 0) is 43.0 Å². The van der Waals surface area contributed by atoms with Crippen LogP contribution in [0.5, 0.6) is 0 Å². The molecule has 1 saturated heterocycles. The fourth-order valence-electron chi connectivity index (χ4n) is 3.18. The molecule has 2 heteroatoms. The van der Waals surface area contributed by atoms with Gasteiger partial charge in [-0.3, -0.25) is 0 Å². The molecule has 1 aromatic rings. The van der Waals surface area contributed by atoms with Crippen LogP contribution >= 0.6 is 0 Å². The van der Waals surface area contributed by atoms with Crippen molar-refractivity contribution in [2.24, 2.45) is 0 Å². The summed E-state index contributed by atoms with van der Waals surface area (Å²) in [6.45, 7) is 5.81. The van der Waals surface area contributed by atoms with Gasteiger partial charge in [-0.2, -0.15) is 0 Å². The summed E-state index contributed by atoms with van der Waals surface area (Å²) in [6.07, 6.45) is 4.95. The molecule has 2 heterocycles. The number of nitrogens with zero attached hydrogens (tertiary/aromatic N) is 1. The molecule has 0 radical (unpaired) electrons. The number of hydrogen-bond acceptors (Lipinski definition) is 2. The lowest BCUT2D eigenvalue weighted by Gasteiger charge is -2.25. The van der Waals surface area contributed by atoms with Crippen LogP contribution < -0.4 is 10.2 Å². The van der Waals surface area contributed by atoms with E-state index in [1.165, 1.54) is 50.0 Å². The Hall–Kier alpha value is -1.02. The maximum Gasteiger partial charge on any atom is 0.0455 e. The van der Waals surface area contributed by atoms with Crippen molar-refractivity contribution in [3.63, 3.8) is 0 Å². The highest BCUT2D eigenvalue weighted by molar-refractivity contribution is 5.61. The van der Waals surface area contributed by atoms with E-state index in [-0.39, 0.29) is 0 Å². The predicted octanol–water partition coefficient (Wildman–Crippen LogP) is 2.36. The molecule has 2 aliphatic heterocycles. The Balaban J connectivity index is 1.89. The van der Waals surface area contributed by atoms with Crippen LogP contribution in [0.3, 0.4) is 0 Å². The van der Waals surface area contributed by atoms with Crippen LogP contribution in [-0.2, 0) is 12.8 Å². The van der Waals surface area contributed by atoms with E-state index < -0.39 is 0 Å². The van der Waals surface area contributed by atoms with E-state index in [1.54, 1.807) is 5.56 Å². The third-order valence-corrected chi connectivity index (χ3v) is 4.03. The van der Waals surface area contributed by atoms with Gasteiger partial charge in [-0.15, -0.1) is 0 Å². The van der Waals surface area contributed by atoms with Crippen LogP contribution in [0, 0.1) is 0 Å². The SMILES string of the molecule is CCCc1ccc2c(c1)N1CCCNCC1C2. The lowest BCUT2D eigenvalue weighted by atomic mass is 10.0. The summed E-state index contributed by atoms with van der Waals surface area (Å²) in [5.41, 5.74) is 4.58. The molecule has 1 unspecified atom stereocenters. The van der Waals surface area contributed by atoms with Gasteiger partial charge in [-0.25, -0.2) is 0 Å². The molecule has 0 aliphatic carbocycles. The molecule has 0 saturated carbocycles. The first-order chi connectivity index (χ1) is 8.38. The molecular formula is C15H22N2. The molecule has 2 aliphatic rings. The van der Waals surface area contributed by atoms with Crippen molar-refractivity contribution in [2.45, 2.75) is 38.6 Å². The summed E-state index contributed by atoms with van der Waals surface area (Å²) in [5, 5.41) is 3.55. The normalized spacial score (nSPS) is 23.1. The molecule has 0 bridgehead atoms. The lowest BCUT2D eigenvalue weighted by Crippen LogP contribution is -2.36. The molecule has 3 rings (SSSR count). The highest BCUT2D eigenvalue weighted by Gasteiger charge is 2.29. The minimum Gasteiger partial charge on any atom is -0.367 e. The van der Waals surface area contributed by atoms with Crippen LogP contribution in [0.2, 0.25) is 0 Å². The second kappa shape index (κ2) is 4.69. The molecule has 1 fully saturated rings. The van der Waals surface area contributed by atoms with E-state index in [9.17, 15) is 0 Å². The van der Waals surface area contributed by atoms with Crippen molar-refractivity contribution in [3.05, 3.63) is 29.3 Å². The third-order valence-electron chi connectivity index (χ3n) is 4.03. The van der Waals surface area contributed by atoms with Crippen LogP contribution in [0.15, 0.2) is 18.2 Å².